The third-order valence-electron chi connectivity index (χ3n) is 2.62. The molecule has 0 bridgehead atoms. The van der Waals surface area contributed by atoms with Gasteiger partial charge in [0.25, 0.3) is 5.91 Å². The fraction of sp³-hybridized carbons (Fsp3) is 0.455. The van der Waals surface area contributed by atoms with Crippen LogP contribution in [0.15, 0.2) is 12.3 Å². The van der Waals surface area contributed by atoms with Crippen molar-refractivity contribution in [3.05, 3.63) is 28.0 Å². The first-order valence-corrected chi connectivity index (χ1v) is 5.81. The molecule has 0 saturated carbocycles. The first-order chi connectivity index (χ1) is 7.47. The lowest BCUT2D eigenvalue weighted by Crippen LogP contribution is -2.34. The van der Waals surface area contributed by atoms with Crippen LogP contribution in [-0.2, 0) is 0 Å². The van der Waals surface area contributed by atoms with Crippen LogP contribution in [0.1, 0.15) is 30.6 Å². The molecule has 0 radical (unpaired) electrons. The standard InChI is InChI=1S/C11H14Cl2N2O/c1-4-7(2)15(3)11(16)8-5-9(12)10(13)14-6-8/h5-7H,4H2,1-3H3. The summed E-state index contributed by atoms with van der Waals surface area (Å²) in [5.74, 6) is -0.0968. The molecule has 0 aliphatic rings. The van der Waals surface area contributed by atoms with Crippen molar-refractivity contribution in [1.82, 2.24) is 9.88 Å². The molecule has 1 unspecified atom stereocenters. The monoisotopic (exact) mass is 260 g/mol. The summed E-state index contributed by atoms with van der Waals surface area (Å²) in [5, 5.41) is 0.509. The maximum atomic E-state index is 12.0. The van der Waals surface area contributed by atoms with Crippen LogP contribution >= 0.6 is 23.2 Å². The lowest BCUT2D eigenvalue weighted by atomic mass is 10.2. The number of nitrogens with zero attached hydrogens (tertiary/aromatic N) is 2. The van der Waals surface area contributed by atoms with Gasteiger partial charge in [-0.2, -0.15) is 0 Å². The van der Waals surface area contributed by atoms with Gasteiger partial charge in [0.2, 0.25) is 0 Å². The number of carbonyl (C=O) groups is 1. The Balaban J connectivity index is 2.92. The summed E-state index contributed by atoms with van der Waals surface area (Å²) in [6.45, 7) is 4.02. The topological polar surface area (TPSA) is 33.2 Å². The Hall–Kier alpha value is -0.800. The van der Waals surface area contributed by atoms with Crippen LogP contribution in [0.2, 0.25) is 10.2 Å². The molecule has 1 aromatic heterocycles. The first-order valence-electron chi connectivity index (χ1n) is 5.05. The molecule has 0 saturated heterocycles. The van der Waals surface area contributed by atoms with E-state index in [2.05, 4.69) is 4.98 Å². The van der Waals surface area contributed by atoms with Crippen LogP contribution in [0.4, 0.5) is 0 Å². The second-order valence-corrected chi connectivity index (χ2v) is 4.44. The highest BCUT2D eigenvalue weighted by Gasteiger charge is 2.17. The van der Waals surface area contributed by atoms with Crippen molar-refractivity contribution < 1.29 is 4.79 Å². The lowest BCUT2D eigenvalue weighted by Gasteiger charge is -2.23. The Kier molecular flexibility index (Phi) is 4.56. The largest absolute Gasteiger partial charge is 0.339 e. The van der Waals surface area contributed by atoms with Crippen molar-refractivity contribution in [3.63, 3.8) is 0 Å². The highest BCUT2D eigenvalue weighted by molar-refractivity contribution is 6.41. The highest BCUT2D eigenvalue weighted by Crippen LogP contribution is 2.20. The van der Waals surface area contributed by atoms with Gasteiger partial charge in [-0.05, 0) is 19.4 Å². The Morgan fingerprint density at radius 3 is 2.69 bits per heavy atom. The molecule has 0 spiro atoms. The molecule has 0 N–H and O–H groups in total. The third kappa shape index (κ3) is 2.86. The first kappa shape index (κ1) is 13.3. The smallest absolute Gasteiger partial charge is 0.255 e. The van der Waals surface area contributed by atoms with E-state index in [4.69, 9.17) is 23.2 Å². The molecule has 1 rings (SSSR count). The molecule has 0 fully saturated rings. The van der Waals surface area contributed by atoms with E-state index in [1.807, 2.05) is 13.8 Å². The van der Waals surface area contributed by atoms with Gasteiger partial charge in [0.1, 0.15) is 5.15 Å². The van der Waals surface area contributed by atoms with E-state index in [9.17, 15) is 4.79 Å². The van der Waals surface area contributed by atoms with E-state index in [0.29, 0.717) is 10.6 Å². The normalized spacial score (nSPS) is 12.3. The molecular weight excluding hydrogens is 247 g/mol. The van der Waals surface area contributed by atoms with Gasteiger partial charge < -0.3 is 4.90 Å². The van der Waals surface area contributed by atoms with Crippen LogP contribution in [-0.4, -0.2) is 28.9 Å². The summed E-state index contributed by atoms with van der Waals surface area (Å²) in [6.07, 6.45) is 2.34. The van der Waals surface area contributed by atoms with Gasteiger partial charge in [0, 0.05) is 19.3 Å². The highest BCUT2D eigenvalue weighted by atomic mass is 35.5. The van der Waals surface area contributed by atoms with Crippen LogP contribution < -0.4 is 0 Å². The molecule has 0 aliphatic carbocycles. The van der Waals surface area contributed by atoms with E-state index in [0.717, 1.165) is 6.42 Å². The zero-order valence-electron chi connectivity index (χ0n) is 9.50. The minimum absolute atomic E-state index is 0.0968. The number of hydrogen-bond donors (Lipinski definition) is 0. The van der Waals surface area contributed by atoms with E-state index >= 15 is 0 Å². The van der Waals surface area contributed by atoms with E-state index in [1.54, 1.807) is 11.9 Å². The number of amides is 1. The van der Waals surface area contributed by atoms with Gasteiger partial charge in [-0.25, -0.2) is 4.98 Å². The maximum absolute atomic E-state index is 12.0. The molecule has 1 atom stereocenters. The average molecular weight is 261 g/mol. The summed E-state index contributed by atoms with van der Waals surface area (Å²) < 4.78 is 0. The molecule has 88 valence electrons. The fourth-order valence-corrected chi connectivity index (χ4v) is 1.49. The minimum Gasteiger partial charge on any atom is -0.339 e. The SMILES string of the molecule is CCC(C)N(C)C(=O)c1cnc(Cl)c(Cl)c1. The molecule has 0 aliphatic heterocycles. The van der Waals surface area contributed by atoms with Crippen LogP contribution in [0, 0.1) is 0 Å². The molecular formula is C11H14Cl2N2O. The molecule has 5 heteroatoms. The summed E-state index contributed by atoms with van der Waals surface area (Å²) >= 11 is 11.5. The van der Waals surface area contributed by atoms with Crippen molar-refractivity contribution in [2.45, 2.75) is 26.3 Å². The molecule has 1 amide bonds. The average Bonchev–Trinajstić information content (AvgIpc) is 2.29. The molecule has 0 aromatic carbocycles. The van der Waals surface area contributed by atoms with Crippen molar-refractivity contribution in [2.75, 3.05) is 7.05 Å². The maximum Gasteiger partial charge on any atom is 0.255 e. The molecule has 1 aromatic rings. The van der Waals surface area contributed by atoms with Crippen LogP contribution in [0.3, 0.4) is 0 Å². The predicted octanol–water partition coefficient (Wildman–Crippen LogP) is 3.26. The van der Waals surface area contributed by atoms with E-state index in [1.165, 1.54) is 12.3 Å². The fourth-order valence-electron chi connectivity index (χ4n) is 1.22. The zero-order valence-corrected chi connectivity index (χ0v) is 11.0. The van der Waals surface area contributed by atoms with Gasteiger partial charge in [0.05, 0.1) is 10.6 Å². The minimum atomic E-state index is -0.0968. The summed E-state index contributed by atoms with van der Waals surface area (Å²) in [6, 6.07) is 1.72. The number of pyridine rings is 1. The van der Waals surface area contributed by atoms with Crippen molar-refractivity contribution in [1.29, 1.82) is 0 Å². The van der Waals surface area contributed by atoms with Crippen LogP contribution in [0.5, 0.6) is 0 Å². The number of hydrogen-bond acceptors (Lipinski definition) is 2. The van der Waals surface area contributed by atoms with Gasteiger partial charge in [-0.15, -0.1) is 0 Å². The Morgan fingerprint density at radius 1 is 1.56 bits per heavy atom. The molecule has 3 nitrogen and oxygen atoms in total. The van der Waals surface area contributed by atoms with Crippen molar-refractivity contribution in [3.8, 4) is 0 Å². The van der Waals surface area contributed by atoms with Gasteiger partial charge in [-0.1, -0.05) is 30.1 Å². The summed E-state index contributed by atoms with van der Waals surface area (Å²) in [4.78, 5) is 17.5. The van der Waals surface area contributed by atoms with Crippen LogP contribution in [0.25, 0.3) is 0 Å². The third-order valence-corrected chi connectivity index (χ3v) is 3.30. The Bertz CT molecular complexity index is 396. The van der Waals surface area contributed by atoms with E-state index < -0.39 is 0 Å². The predicted molar refractivity (Wildman–Crippen MR) is 66.1 cm³/mol. The zero-order chi connectivity index (χ0) is 12.3. The Labute approximate surface area is 105 Å². The van der Waals surface area contributed by atoms with Gasteiger partial charge >= 0.3 is 0 Å². The summed E-state index contributed by atoms with van der Waals surface area (Å²) in [5.41, 5.74) is 0.456. The number of halogens is 2. The molecule has 16 heavy (non-hydrogen) atoms. The van der Waals surface area contributed by atoms with Crippen molar-refractivity contribution in [2.24, 2.45) is 0 Å². The number of aromatic nitrogens is 1. The van der Waals surface area contributed by atoms with Gasteiger partial charge in [0.15, 0.2) is 0 Å². The summed E-state index contributed by atoms with van der Waals surface area (Å²) in [7, 11) is 1.76. The molecule has 1 heterocycles. The second kappa shape index (κ2) is 5.51. The number of carbonyl (C=O) groups excluding carboxylic acids is 1. The lowest BCUT2D eigenvalue weighted by molar-refractivity contribution is 0.0740. The quantitative estimate of drug-likeness (QED) is 0.782. The van der Waals surface area contributed by atoms with Crippen molar-refractivity contribution >= 4 is 29.1 Å². The van der Waals surface area contributed by atoms with Gasteiger partial charge in [-0.3, -0.25) is 4.79 Å². The Morgan fingerprint density at radius 2 is 2.19 bits per heavy atom. The second-order valence-electron chi connectivity index (χ2n) is 3.67. The number of rotatable bonds is 3. The van der Waals surface area contributed by atoms with E-state index in [-0.39, 0.29) is 17.1 Å².